The van der Waals surface area contributed by atoms with Gasteiger partial charge in [0.1, 0.15) is 5.75 Å². The molecule has 0 aliphatic carbocycles. The van der Waals surface area contributed by atoms with Gasteiger partial charge in [-0.3, -0.25) is 4.90 Å². The largest absolute Gasteiger partial charge is 0.497 e. The van der Waals surface area contributed by atoms with E-state index in [1.165, 1.54) is 11.1 Å². The van der Waals surface area contributed by atoms with Gasteiger partial charge in [-0.05, 0) is 29.7 Å². The number of methoxy groups -OCH3 is 1. The van der Waals surface area contributed by atoms with E-state index in [1.54, 1.807) is 7.11 Å². The summed E-state index contributed by atoms with van der Waals surface area (Å²) in [4.78, 5) is 2.16. The van der Waals surface area contributed by atoms with Crippen LogP contribution in [0.4, 0.5) is 0 Å². The van der Waals surface area contributed by atoms with Crippen LogP contribution in [0.15, 0.2) is 18.2 Å². The third-order valence-corrected chi connectivity index (χ3v) is 3.18. The first-order valence-electron chi connectivity index (χ1n) is 5.90. The van der Waals surface area contributed by atoms with Gasteiger partial charge in [-0.1, -0.05) is 6.07 Å². The molecule has 2 N–H and O–H groups in total. The molecule has 0 aromatic heterocycles. The van der Waals surface area contributed by atoms with Crippen LogP contribution < -0.4 is 4.74 Å². The summed E-state index contributed by atoms with van der Waals surface area (Å²) in [5.74, 6) is 0.869. The van der Waals surface area contributed by atoms with E-state index in [0.29, 0.717) is 6.54 Å². The van der Waals surface area contributed by atoms with Gasteiger partial charge in [-0.2, -0.15) is 0 Å². The number of hydrogen-bond donors (Lipinski definition) is 2. The number of β-amino-alcohol motifs (C(OH)–C–C–N with tert-alkyl or cyclic N) is 1. The minimum absolute atomic E-state index is 0.179. The zero-order chi connectivity index (χ0) is 12.3. The van der Waals surface area contributed by atoms with E-state index in [9.17, 15) is 5.11 Å². The second-order valence-corrected chi connectivity index (χ2v) is 4.46. The second-order valence-electron chi connectivity index (χ2n) is 4.46. The van der Waals surface area contributed by atoms with Crippen LogP contribution in [-0.4, -0.2) is 48.0 Å². The molecule has 2 rings (SSSR count). The van der Waals surface area contributed by atoms with Crippen molar-refractivity contribution >= 4 is 0 Å². The topological polar surface area (TPSA) is 52.9 Å². The lowest BCUT2D eigenvalue weighted by molar-refractivity contribution is 0.0551. The quantitative estimate of drug-likeness (QED) is 0.796. The van der Waals surface area contributed by atoms with Crippen molar-refractivity contribution in [3.63, 3.8) is 0 Å². The average Bonchev–Trinajstić information content (AvgIpc) is 2.37. The number of rotatable bonds is 4. The molecule has 1 atom stereocenters. The molecule has 94 valence electrons. The van der Waals surface area contributed by atoms with Crippen LogP contribution in [0, 0.1) is 0 Å². The van der Waals surface area contributed by atoms with Crippen LogP contribution in [-0.2, 0) is 13.0 Å². The van der Waals surface area contributed by atoms with Gasteiger partial charge in [0.25, 0.3) is 0 Å². The highest BCUT2D eigenvalue weighted by atomic mass is 16.5. The normalized spacial score (nSPS) is 17.6. The summed E-state index contributed by atoms with van der Waals surface area (Å²) in [7, 11) is 1.66. The highest BCUT2D eigenvalue weighted by molar-refractivity contribution is 5.37. The Labute approximate surface area is 101 Å². The summed E-state index contributed by atoms with van der Waals surface area (Å²) in [5.41, 5.74) is 2.60. The summed E-state index contributed by atoms with van der Waals surface area (Å²) in [6.45, 7) is 2.08. The Kier molecular flexibility index (Phi) is 3.99. The fraction of sp³-hybridized carbons (Fsp3) is 0.538. The fourth-order valence-corrected chi connectivity index (χ4v) is 2.23. The number of aliphatic hydroxyl groups is 2. The maximum atomic E-state index is 9.44. The molecule has 1 unspecified atom stereocenters. The van der Waals surface area contributed by atoms with Gasteiger partial charge in [0, 0.05) is 19.6 Å². The molecule has 1 aliphatic rings. The van der Waals surface area contributed by atoms with E-state index in [2.05, 4.69) is 11.0 Å². The molecule has 1 aromatic carbocycles. The Morgan fingerprint density at radius 1 is 1.41 bits per heavy atom. The van der Waals surface area contributed by atoms with Crippen LogP contribution in [0.5, 0.6) is 5.75 Å². The Morgan fingerprint density at radius 3 is 2.94 bits per heavy atom. The first-order valence-corrected chi connectivity index (χ1v) is 5.90. The van der Waals surface area contributed by atoms with Crippen molar-refractivity contribution in [3.05, 3.63) is 29.3 Å². The van der Waals surface area contributed by atoms with Crippen LogP contribution in [0.3, 0.4) is 0 Å². The van der Waals surface area contributed by atoms with E-state index < -0.39 is 6.10 Å². The van der Waals surface area contributed by atoms with Crippen molar-refractivity contribution in [1.29, 1.82) is 0 Å². The van der Waals surface area contributed by atoms with Gasteiger partial charge < -0.3 is 14.9 Å². The SMILES string of the molecule is COc1ccc2c(c1)CN(CC(O)CO)CC2. The lowest BCUT2D eigenvalue weighted by Gasteiger charge is -2.30. The lowest BCUT2D eigenvalue weighted by Crippen LogP contribution is -2.37. The predicted molar refractivity (Wildman–Crippen MR) is 65.1 cm³/mol. The van der Waals surface area contributed by atoms with Gasteiger partial charge in [0.15, 0.2) is 0 Å². The Bertz CT molecular complexity index is 381. The van der Waals surface area contributed by atoms with Crippen LogP contribution in [0.2, 0.25) is 0 Å². The minimum Gasteiger partial charge on any atom is -0.497 e. The Balaban J connectivity index is 2.06. The number of benzene rings is 1. The number of nitrogens with zero attached hydrogens (tertiary/aromatic N) is 1. The van der Waals surface area contributed by atoms with Crippen molar-refractivity contribution in [2.45, 2.75) is 19.1 Å². The number of hydrogen-bond acceptors (Lipinski definition) is 4. The zero-order valence-electron chi connectivity index (χ0n) is 10.1. The van der Waals surface area contributed by atoms with E-state index in [4.69, 9.17) is 9.84 Å². The van der Waals surface area contributed by atoms with Crippen molar-refractivity contribution in [3.8, 4) is 5.75 Å². The van der Waals surface area contributed by atoms with E-state index >= 15 is 0 Å². The van der Waals surface area contributed by atoms with Gasteiger partial charge in [-0.25, -0.2) is 0 Å². The molecule has 0 saturated carbocycles. The molecular weight excluding hydrogens is 218 g/mol. The van der Waals surface area contributed by atoms with Crippen molar-refractivity contribution in [2.75, 3.05) is 26.8 Å². The molecule has 0 bridgehead atoms. The fourth-order valence-electron chi connectivity index (χ4n) is 2.23. The van der Waals surface area contributed by atoms with Crippen LogP contribution >= 0.6 is 0 Å². The Morgan fingerprint density at radius 2 is 2.24 bits per heavy atom. The molecule has 0 radical (unpaired) electrons. The first-order chi connectivity index (χ1) is 8.22. The van der Waals surface area contributed by atoms with E-state index in [-0.39, 0.29) is 6.61 Å². The van der Waals surface area contributed by atoms with Gasteiger partial charge in [-0.15, -0.1) is 0 Å². The average molecular weight is 237 g/mol. The molecule has 4 heteroatoms. The number of ether oxygens (including phenoxy) is 1. The summed E-state index contributed by atoms with van der Waals surface area (Å²) >= 11 is 0. The summed E-state index contributed by atoms with van der Waals surface area (Å²) < 4.78 is 5.21. The second kappa shape index (κ2) is 5.49. The van der Waals surface area contributed by atoms with Crippen LogP contribution in [0.25, 0.3) is 0 Å². The molecule has 0 spiro atoms. The minimum atomic E-state index is -0.651. The maximum Gasteiger partial charge on any atom is 0.119 e. The smallest absolute Gasteiger partial charge is 0.119 e. The summed E-state index contributed by atoms with van der Waals surface area (Å²) in [5, 5.41) is 18.3. The van der Waals surface area contributed by atoms with Crippen molar-refractivity contribution in [2.24, 2.45) is 0 Å². The van der Waals surface area contributed by atoms with Crippen molar-refractivity contribution < 1.29 is 14.9 Å². The van der Waals surface area contributed by atoms with Crippen LogP contribution in [0.1, 0.15) is 11.1 Å². The van der Waals surface area contributed by atoms with Crippen molar-refractivity contribution in [1.82, 2.24) is 4.90 Å². The molecule has 0 fully saturated rings. The molecule has 1 heterocycles. The molecule has 1 aromatic rings. The summed E-state index contributed by atoms with van der Waals surface area (Å²) in [6.07, 6.45) is 0.333. The molecule has 0 saturated heterocycles. The first kappa shape index (κ1) is 12.4. The highest BCUT2D eigenvalue weighted by Crippen LogP contribution is 2.23. The third kappa shape index (κ3) is 2.97. The van der Waals surface area contributed by atoms with Gasteiger partial charge >= 0.3 is 0 Å². The monoisotopic (exact) mass is 237 g/mol. The van der Waals surface area contributed by atoms with Gasteiger partial charge in [0.05, 0.1) is 19.8 Å². The lowest BCUT2D eigenvalue weighted by atomic mass is 9.99. The predicted octanol–water partition coefficient (Wildman–Crippen LogP) is 0.406. The maximum absolute atomic E-state index is 9.44. The number of fused-ring (bicyclic) bond motifs is 1. The molecule has 4 nitrogen and oxygen atoms in total. The van der Waals surface area contributed by atoms with Gasteiger partial charge in [0.2, 0.25) is 0 Å². The molecule has 17 heavy (non-hydrogen) atoms. The highest BCUT2D eigenvalue weighted by Gasteiger charge is 2.18. The third-order valence-electron chi connectivity index (χ3n) is 3.18. The zero-order valence-corrected chi connectivity index (χ0v) is 10.1. The van der Waals surface area contributed by atoms with E-state index in [0.717, 1.165) is 25.3 Å². The molecule has 0 amide bonds. The van der Waals surface area contributed by atoms with E-state index in [1.807, 2.05) is 12.1 Å². The standard InChI is InChI=1S/C13H19NO3/c1-17-13-3-2-10-4-5-14(7-11(10)6-13)8-12(16)9-15/h2-3,6,12,15-16H,4-5,7-9H2,1H3. The Hall–Kier alpha value is -1.10. The molecule has 1 aliphatic heterocycles. The summed E-state index contributed by atoms with van der Waals surface area (Å²) in [6, 6.07) is 6.14. The number of aliphatic hydroxyl groups excluding tert-OH is 2. The molecular formula is C13H19NO3.